The Kier molecular flexibility index (Phi) is 6.49. The minimum atomic E-state index is -0.0758. The number of rotatable bonds is 6. The molecule has 0 saturated carbocycles. The van der Waals surface area contributed by atoms with Gasteiger partial charge in [0.2, 0.25) is 5.95 Å². The van der Waals surface area contributed by atoms with Crippen molar-refractivity contribution < 1.29 is 14.3 Å². The van der Waals surface area contributed by atoms with E-state index in [0.29, 0.717) is 65.3 Å². The molecule has 1 aliphatic heterocycles. The van der Waals surface area contributed by atoms with E-state index in [4.69, 9.17) is 26.3 Å². The summed E-state index contributed by atoms with van der Waals surface area (Å²) in [6.07, 6.45) is 3.23. The first-order valence-corrected chi connectivity index (χ1v) is 10.2. The number of H-pyrrole nitrogens is 1. The summed E-state index contributed by atoms with van der Waals surface area (Å²) in [5, 5.41) is 19.2. The number of methoxy groups -OCH3 is 1. The average molecular weight is 454 g/mol. The lowest BCUT2D eigenvalue weighted by molar-refractivity contribution is 0.0302. The first-order chi connectivity index (χ1) is 15.6. The molecule has 1 aromatic carbocycles. The fraction of sp³-hybridized carbons (Fsp3) is 0.286. The van der Waals surface area contributed by atoms with Crippen molar-refractivity contribution in [1.82, 2.24) is 25.1 Å². The van der Waals surface area contributed by atoms with E-state index < -0.39 is 0 Å². The molecule has 164 valence electrons. The van der Waals surface area contributed by atoms with Gasteiger partial charge < -0.3 is 19.7 Å². The van der Waals surface area contributed by atoms with Gasteiger partial charge in [0.1, 0.15) is 5.75 Å². The van der Waals surface area contributed by atoms with Crippen LogP contribution >= 0.6 is 11.6 Å². The molecular weight excluding hydrogens is 434 g/mol. The van der Waals surface area contributed by atoms with Crippen LogP contribution in [0.4, 0.5) is 11.6 Å². The average Bonchev–Trinajstić information content (AvgIpc) is 3.29. The number of morpholine rings is 1. The molecule has 0 spiro atoms. The highest BCUT2D eigenvalue weighted by Crippen LogP contribution is 2.31. The van der Waals surface area contributed by atoms with E-state index in [0.717, 1.165) is 0 Å². The number of anilines is 2. The molecule has 0 unspecified atom stereocenters. The topological polar surface area (TPSA) is 129 Å². The largest absolute Gasteiger partial charge is 0.495 e. The second kappa shape index (κ2) is 9.64. The third-order valence-electron chi connectivity index (χ3n) is 4.96. The SMILES string of the molecule is COc1cc(C(=O)N2CCOCC2)ccc1Nc1ncc(Cl)c(-c2c[nH]nc2CC#N)n1. The molecule has 0 bridgehead atoms. The standard InChI is InChI=1S/C21H20ClN7O3/c1-31-18-10-13(20(30)29-6-8-32-9-7-29)2-3-17(18)26-21-24-12-15(22)19(27-21)14-11-25-28-16(14)4-5-23/h2-3,10-12H,4,6-9H2,1H3,(H,25,28)(H,24,26,27). The van der Waals surface area contributed by atoms with Gasteiger partial charge in [0.25, 0.3) is 5.91 Å². The predicted molar refractivity (Wildman–Crippen MR) is 117 cm³/mol. The van der Waals surface area contributed by atoms with Crippen molar-refractivity contribution in [2.24, 2.45) is 0 Å². The summed E-state index contributed by atoms with van der Waals surface area (Å²) < 4.78 is 10.8. The number of nitrogens with one attached hydrogen (secondary N) is 2. The van der Waals surface area contributed by atoms with Gasteiger partial charge in [-0.2, -0.15) is 10.4 Å². The van der Waals surface area contributed by atoms with Crippen LogP contribution in [0.3, 0.4) is 0 Å². The Bertz CT molecular complexity index is 1170. The summed E-state index contributed by atoms with van der Waals surface area (Å²) in [5.41, 5.74) is 2.72. The van der Waals surface area contributed by atoms with Gasteiger partial charge in [-0.25, -0.2) is 9.97 Å². The Labute approximate surface area is 189 Å². The monoisotopic (exact) mass is 453 g/mol. The summed E-state index contributed by atoms with van der Waals surface area (Å²) >= 11 is 6.30. The van der Waals surface area contributed by atoms with Crippen molar-refractivity contribution in [3.63, 3.8) is 0 Å². The number of carbonyl (C=O) groups excluding carboxylic acids is 1. The Morgan fingerprint density at radius 1 is 1.41 bits per heavy atom. The molecule has 32 heavy (non-hydrogen) atoms. The molecule has 0 aliphatic carbocycles. The second-order valence-corrected chi connectivity index (χ2v) is 7.32. The molecule has 1 saturated heterocycles. The summed E-state index contributed by atoms with van der Waals surface area (Å²) in [6.45, 7) is 2.19. The summed E-state index contributed by atoms with van der Waals surface area (Å²) in [5.74, 6) is 0.671. The molecule has 1 aliphatic rings. The lowest BCUT2D eigenvalue weighted by Crippen LogP contribution is -2.40. The molecule has 11 heteroatoms. The zero-order valence-corrected chi connectivity index (χ0v) is 18.0. The van der Waals surface area contributed by atoms with Crippen molar-refractivity contribution in [3.8, 4) is 23.1 Å². The maximum Gasteiger partial charge on any atom is 0.254 e. The molecule has 3 aromatic rings. The predicted octanol–water partition coefficient (Wildman–Crippen LogP) is 2.81. The van der Waals surface area contributed by atoms with Gasteiger partial charge in [0, 0.05) is 30.4 Å². The summed E-state index contributed by atoms with van der Waals surface area (Å²) in [6, 6.07) is 7.21. The zero-order valence-electron chi connectivity index (χ0n) is 17.3. The number of carbonyl (C=O) groups is 1. The van der Waals surface area contributed by atoms with Crippen LogP contribution < -0.4 is 10.1 Å². The molecule has 3 heterocycles. The number of nitrogens with zero attached hydrogens (tertiary/aromatic N) is 5. The highest BCUT2D eigenvalue weighted by Gasteiger charge is 2.20. The number of hydrogen-bond donors (Lipinski definition) is 2. The molecule has 2 N–H and O–H groups in total. The molecule has 0 atom stereocenters. The molecule has 1 fully saturated rings. The van der Waals surface area contributed by atoms with E-state index in [1.165, 1.54) is 13.3 Å². The molecular formula is C21H20ClN7O3. The molecule has 0 radical (unpaired) electrons. The van der Waals surface area contributed by atoms with Crippen molar-refractivity contribution in [2.75, 3.05) is 38.7 Å². The fourth-order valence-electron chi connectivity index (χ4n) is 3.35. The Morgan fingerprint density at radius 2 is 2.22 bits per heavy atom. The van der Waals surface area contributed by atoms with Crippen LogP contribution in [0.2, 0.25) is 5.02 Å². The van der Waals surface area contributed by atoms with Gasteiger partial charge >= 0.3 is 0 Å². The van der Waals surface area contributed by atoms with Crippen LogP contribution in [0.25, 0.3) is 11.3 Å². The van der Waals surface area contributed by atoms with Gasteiger partial charge in [-0.3, -0.25) is 9.89 Å². The second-order valence-electron chi connectivity index (χ2n) is 6.92. The van der Waals surface area contributed by atoms with Gasteiger partial charge in [-0.1, -0.05) is 11.6 Å². The van der Waals surface area contributed by atoms with Crippen molar-refractivity contribution in [1.29, 1.82) is 5.26 Å². The van der Waals surface area contributed by atoms with Crippen LogP contribution in [0.1, 0.15) is 16.1 Å². The number of aromatic amines is 1. The lowest BCUT2D eigenvalue weighted by Gasteiger charge is -2.27. The number of halogens is 1. The van der Waals surface area contributed by atoms with Crippen molar-refractivity contribution in [3.05, 3.63) is 46.9 Å². The Hall–Kier alpha value is -3.68. The first kappa shape index (κ1) is 21.5. The summed E-state index contributed by atoms with van der Waals surface area (Å²) in [7, 11) is 1.53. The van der Waals surface area contributed by atoms with Crippen LogP contribution in [-0.2, 0) is 11.2 Å². The van der Waals surface area contributed by atoms with E-state index in [2.05, 4.69) is 31.6 Å². The van der Waals surface area contributed by atoms with Crippen LogP contribution in [0, 0.1) is 11.3 Å². The Balaban J connectivity index is 1.59. The minimum absolute atomic E-state index is 0.0758. The van der Waals surface area contributed by atoms with E-state index in [1.54, 1.807) is 29.3 Å². The number of benzene rings is 1. The van der Waals surface area contributed by atoms with Crippen molar-refractivity contribution >= 4 is 29.1 Å². The first-order valence-electron chi connectivity index (χ1n) is 9.85. The number of hydrogen-bond acceptors (Lipinski definition) is 8. The fourth-order valence-corrected chi connectivity index (χ4v) is 3.54. The van der Waals surface area contributed by atoms with E-state index in [1.807, 2.05) is 0 Å². The maximum atomic E-state index is 12.8. The van der Waals surface area contributed by atoms with Gasteiger partial charge in [0.05, 0.1) is 61.1 Å². The van der Waals surface area contributed by atoms with Crippen LogP contribution in [0.15, 0.2) is 30.6 Å². The lowest BCUT2D eigenvalue weighted by atomic mass is 10.1. The van der Waals surface area contributed by atoms with E-state index in [-0.39, 0.29) is 18.3 Å². The highest BCUT2D eigenvalue weighted by molar-refractivity contribution is 6.33. The highest BCUT2D eigenvalue weighted by atomic mass is 35.5. The zero-order chi connectivity index (χ0) is 22.5. The van der Waals surface area contributed by atoms with Crippen LogP contribution in [0.5, 0.6) is 5.75 Å². The van der Waals surface area contributed by atoms with Gasteiger partial charge in [0.15, 0.2) is 0 Å². The third kappa shape index (κ3) is 4.49. The normalized spacial score (nSPS) is 13.5. The summed E-state index contributed by atoms with van der Waals surface area (Å²) in [4.78, 5) is 23.2. The van der Waals surface area contributed by atoms with E-state index in [9.17, 15) is 4.79 Å². The number of nitriles is 1. The number of ether oxygens (including phenoxy) is 2. The smallest absolute Gasteiger partial charge is 0.254 e. The van der Waals surface area contributed by atoms with E-state index >= 15 is 0 Å². The van der Waals surface area contributed by atoms with Crippen molar-refractivity contribution in [2.45, 2.75) is 6.42 Å². The third-order valence-corrected chi connectivity index (χ3v) is 5.23. The number of amides is 1. The molecule has 4 rings (SSSR count). The Morgan fingerprint density at radius 3 is 2.97 bits per heavy atom. The van der Waals surface area contributed by atoms with Gasteiger partial charge in [-0.15, -0.1) is 0 Å². The quantitative estimate of drug-likeness (QED) is 0.582. The number of aromatic nitrogens is 4. The maximum absolute atomic E-state index is 12.8. The molecule has 2 aromatic heterocycles. The minimum Gasteiger partial charge on any atom is -0.495 e. The van der Waals surface area contributed by atoms with Crippen LogP contribution in [-0.4, -0.2) is 64.4 Å². The molecule has 10 nitrogen and oxygen atoms in total. The molecule has 1 amide bonds. The van der Waals surface area contributed by atoms with Gasteiger partial charge in [-0.05, 0) is 18.2 Å².